The molecule has 144 valence electrons. The van der Waals surface area contributed by atoms with E-state index in [2.05, 4.69) is 17.4 Å². The van der Waals surface area contributed by atoms with Gasteiger partial charge in [0.1, 0.15) is 12.3 Å². The molecule has 3 aromatic carbocycles. The summed E-state index contributed by atoms with van der Waals surface area (Å²) in [5, 5.41) is 11.8. The number of rotatable bonds is 5. The Morgan fingerprint density at radius 3 is 2.45 bits per heavy atom. The highest BCUT2D eigenvalue weighted by Gasteiger charge is 2.18. The van der Waals surface area contributed by atoms with Crippen molar-refractivity contribution in [3.8, 4) is 11.1 Å². The van der Waals surface area contributed by atoms with Gasteiger partial charge in [0.05, 0.1) is 0 Å². The topological polar surface area (TPSA) is 75.6 Å². The number of hydrogen-bond donors (Lipinski definition) is 2. The van der Waals surface area contributed by atoms with Gasteiger partial charge in [0.15, 0.2) is 0 Å². The van der Waals surface area contributed by atoms with Gasteiger partial charge in [-0.15, -0.1) is 0 Å². The van der Waals surface area contributed by atoms with Crippen LogP contribution in [0.25, 0.3) is 17.2 Å². The molecule has 0 spiro atoms. The SMILES string of the molecule is O=C(NC(=Cc1ccc2c(c1)Cc1ccccc1-2)C(=O)O)OCc1ccccc1. The minimum absolute atomic E-state index is 0.0661. The number of carbonyl (C=O) groups is 2. The van der Waals surface area contributed by atoms with E-state index in [9.17, 15) is 14.7 Å². The van der Waals surface area contributed by atoms with E-state index in [1.165, 1.54) is 17.2 Å². The second kappa shape index (κ2) is 8.02. The van der Waals surface area contributed by atoms with Crippen LogP contribution in [0.4, 0.5) is 4.79 Å². The van der Waals surface area contributed by atoms with Gasteiger partial charge in [-0.1, -0.05) is 72.8 Å². The van der Waals surface area contributed by atoms with Crippen molar-refractivity contribution in [3.63, 3.8) is 0 Å². The van der Waals surface area contributed by atoms with E-state index in [1.807, 2.05) is 60.7 Å². The van der Waals surface area contributed by atoms with Gasteiger partial charge in [-0.2, -0.15) is 0 Å². The number of carboxylic acid groups (broad SMARTS) is 1. The summed E-state index contributed by atoms with van der Waals surface area (Å²) in [4.78, 5) is 23.6. The molecule has 0 bridgehead atoms. The maximum Gasteiger partial charge on any atom is 0.412 e. The van der Waals surface area contributed by atoms with Gasteiger partial charge in [-0.25, -0.2) is 9.59 Å². The van der Waals surface area contributed by atoms with Gasteiger partial charge in [-0.05, 0) is 45.9 Å². The van der Waals surface area contributed by atoms with E-state index in [1.54, 1.807) is 0 Å². The zero-order valence-electron chi connectivity index (χ0n) is 15.6. The molecule has 29 heavy (non-hydrogen) atoms. The van der Waals surface area contributed by atoms with Crippen molar-refractivity contribution in [1.29, 1.82) is 0 Å². The molecule has 1 aliphatic carbocycles. The van der Waals surface area contributed by atoms with Gasteiger partial charge in [0.2, 0.25) is 0 Å². The highest BCUT2D eigenvalue weighted by Crippen LogP contribution is 2.36. The zero-order valence-corrected chi connectivity index (χ0v) is 15.6. The van der Waals surface area contributed by atoms with Crippen LogP contribution < -0.4 is 5.32 Å². The molecule has 0 unspecified atom stereocenters. The van der Waals surface area contributed by atoms with Crippen molar-refractivity contribution in [1.82, 2.24) is 5.32 Å². The number of alkyl carbamates (subject to hydrolysis) is 1. The first kappa shape index (κ1) is 18.5. The Kier molecular flexibility index (Phi) is 5.12. The third-order valence-electron chi connectivity index (χ3n) is 4.81. The molecule has 2 N–H and O–H groups in total. The van der Waals surface area contributed by atoms with E-state index < -0.39 is 12.1 Å². The van der Waals surface area contributed by atoms with Crippen LogP contribution in [0.3, 0.4) is 0 Å². The Labute approximate surface area is 168 Å². The number of aliphatic carboxylic acids is 1. The molecule has 0 heterocycles. The Hall–Kier alpha value is -3.86. The molecule has 1 amide bonds. The monoisotopic (exact) mass is 385 g/mol. The van der Waals surface area contributed by atoms with Crippen LogP contribution in [0.15, 0.2) is 78.5 Å². The van der Waals surface area contributed by atoms with Gasteiger partial charge in [0.25, 0.3) is 0 Å². The molecule has 0 radical (unpaired) electrons. The number of ether oxygens (including phenoxy) is 1. The summed E-state index contributed by atoms with van der Waals surface area (Å²) >= 11 is 0. The molecule has 0 atom stereocenters. The number of hydrogen-bond acceptors (Lipinski definition) is 3. The van der Waals surface area contributed by atoms with Crippen LogP contribution in [0.5, 0.6) is 0 Å². The minimum atomic E-state index is -1.23. The first-order valence-corrected chi connectivity index (χ1v) is 9.24. The maximum atomic E-state index is 12.0. The van der Waals surface area contributed by atoms with Gasteiger partial charge in [0, 0.05) is 0 Å². The Morgan fingerprint density at radius 1 is 0.931 bits per heavy atom. The predicted molar refractivity (Wildman–Crippen MR) is 110 cm³/mol. The van der Waals surface area contributed by atoms with E-state index in [4.69, 9.17) is 4.74 Å². The van der Waals surface area contributed by atoms with E-state index in [-0.39, 0.29) is 12.3 Å². The van der Waals surface area contributed by atoms with Crippen molar-refractivity contribution >= 4 is 18.1 Å². The molecule has 5 nitrogen and oxygen atoms in total. The molecule has 5 heteroatoms. The van der Waals surface area contributed by atoms with Crippen molar-refractivity contribution < 1.29 is 19.4 Å². The van der Waals surface area contributed by atoms with Crippen LogP contribution in [0, 0.1) is 0 Å². The molecule has 1 aliphatic rings. The highest BCUT2D eigenvalue weighted by atomic mass is 16.5. The van der Waals surface area contributed by atoms with Crippen molar-refractivity contribution in [3.05, 3.63) is 101 Å². The third kappa shape index (κ3) is 4.19. The van der Waals surface area contributed by atoms with Gasteiger partial charge >= 0.3 is 12.1 Å². The zero-order chi connectivity index (χ0) is 20.2. The summed E-state index contributed by atoms with van der Waals surface area (Å²) in [7, 11) is 0. The molecule has 4 rings (SSSR count). The van der Waals surface area contributed by atoms with Crippen molar-refractivity contribution in [2.75, 3.05) is 0 Å². The smallest absolute Gasteiger partial charge is 0.412 e. The van der Waals surface area contributed by atoms with Crippen LogP contribution >= 0.6 is 0 Å². The predicted octanol–water partition coefficient (Wildman–Crippen LogP) is 4.61. The molecular weight excluding hydrogens is 366 g/mol. The molecule has 0 saturated carbocycles. The van der Waals surface area contributed by atoms with Gasteiger partial charge in [-0.3, -0.25) is 5.32 Å². The standard InChI is InChI=1S/C24H19NO4/c26-23(27)22(25-24(28)29-15-16-6-2-1-3-7-16)13-17-10-11-21-19(12-17)14-18-8-4-5-9-20(18)21/h1-13H,14-15H2,(H,25,28)(H,26,27). The average molecular weight is 385 g/mol. The van der Waals surface area contributed by atoms with E-state index in [0.29, 0.717) is 5.56 Å². The average Bonchev–Trinajstić information content (AvgIpc) is 3.10. The third-order valence-corrected chi connectivity index (χ3v) is 4.81. The largest absolute Gasteiger partial charge is 0.477 e. The quantitative estimate of drug-likeness (QED) is 0.492. The summed E-state index contributed by atoms with van der Waals surface area (Å²) in [5.41, 5.74) is 6.04. The van der Waals surface area contributed by atoms with E-state index in [0.717, 1.165) is 23.1 Å². The fourth-order valence-electron chi connectivity index (χ4n) is 3.44. The Balaban J connectivity index is 1.48. The fraction of sp³-hybridized carbons (Fsp3) is 0.0833. The summed E-state index contributed by atoms with van der Waals surface area (Å²) < 4.78 is 5.11. The van der Waals surface area contributed by atoms with E-state index >= 15 is 0 Å². The lowest BCUT2D eigenvalue weighted by Gasteiger charge is -2.08. The highest BCUT2D eigenvalue weighted by molar-refractivity contribution is 5.95. The van der Waals surface area contributed by atoms with Crippen molar-refractivity contribution in [2.45, 2.75) is 13.0 Å². The molecule has 3 aromatic rings. The van der Waals surface area contributed by atoms with Crippen molar-refractivity contribution in [2.24, 2.45) is 0 Å². The molecule has 0 fully saturated rings. The summed E-state index contributed by atoms with van der Waals surface area (Å²) in [5.74, 6) is -1.23. The maximum absolute atomic E-state index is 12.0. The lowest BCUT2D eigenvalue weighted by Crippen LogP contribution is -2.27. The molecule has 0 saturated heterocycles. The summed E-state index contributed by atoms with van der Waals surface area (Å²) in [6.07, 6.45) is 1.44. The lowest BCUT2D eigenvalue weighted by atomic mass is 10.0. The first-order chi connectivity index (χ1) is 14.1. The molecule has 0 aromatic heterocycles. The normalized spacial score (nSPS) is 12.1. The van der Waals surface area contributed by atoms with Crippen LogP contribution in [-0.2, 0) is 22.6 Å². The summed E-state index contributed by atoms with van der Waals surface area (Å²) in [6, 6.07) is 23.2. The second-order valence-corrected chi connectivity index (χ2v) is 6.80. The van der Waals surface area contributed by atoms with Crippen LogP contribution in [0.2, 0.25) is 0 Å². The molecule has 0 aliphatic heterocycles. The number of nitrogens with one attached hydrogen (secondary N) is 1. The second-order valence-electron chi connectivity index (χ2n) is 6.80. The lowest BCUT2D eigenvalue weighted by molar-refractivity contribution is -0.132. The number of carboxylic acids is 1. The summed E-state index contributed by atoms with van der Waals surface area (Å²) in [6.45, 7) is 0.0661. The minimum Gasteiger partial charge on any atom is -0.477 e. The first-order valence-electron chi connectivity index (χ1n) is 9.24. The number of fused-ring (bicyclic) bond motifs is 3. The fourth-order valence-corrected chi connectivity index (χ4v) is 3.44. The number of benzene rings is 3. The van der Waals surface area contributed by atoms with Crippen LogP contribution in [0.1, 0.15) is 22.3 Å². The molecular formula is C24H19NO4. The Morgan fingerprint density at radius 2 is 1.66 bits per heavy atom. The number of carbonyl (C=O) groups excluding carboxylic acids is 1. The van der Waals surface area contributed by atoms with Gasteiger partial charge < -0.3 is 9.84 Å². The Bertz CT molecular complexity index is 1100. The van der Waals surface area contributed by atoms with Crippen LogP contribution in [-0.4, -0.2) is 17.2 Å². The number of amides is 1.